The van der Waals surface area contributed by atoms with Crippen molar-refractivity contribution in [1.82, 2.24) is 14.9 Å². The number of aromatic nitrogens is 2. The molecule has 4 rings (SSSR count). The van der Waals surface area contributed by atoms with Crippen LogP contribution in [0.2, 0.25) is 0 Å². The van der Waals surface area contributed by atoms with Crippen molar-refractivity contribution in [3.63, 3.8) is 0 Å². The third kappa shape index (κ3) is 3.08. The maximum absolute atomic E-state index is 12.6. The van der Waals surface area contributed by atoms with Crippen molar-refractivity contribution in [2.75, 3.05) is 18.0 Å². The van der Waals surface area contributed by atoms with Gasteiger partial charge in [0.25, 0.3) is 11.5 Å². The Kier molecular flexibility index (Phi) is 4.33. The first-order valence-electron chi connectivity index (χ1n) is 8.85. The normalized spacial score (nSPS) is 20.4. The number of thiophene rings is 1. The predicted octanol–water partition coefficient (Wildman–Crippen LogP) is 2.41. The number of rotatable bonds is 2. The number of piperidine rings is 1. The van der Waals surface area contributed by atoms with E-state index in [2.05, 4.69) is 16.8 Å². The number of hydrogen-bond donors (Lipinski definition) is 1. The first kappa shape index (κ1) is 16.3. The van der Waals surface area contributed by atoms with Crippen molar-refractivity contribution in [1.29, 1.82) is 0 Å². The second kappa shape index (κ2) is 6.63. The number of aromatic amines is 1. The van der Waals surface area contributed by atoms with Crippen molar-refractivity contribution in [2.45, 2.75) is 45.2 Å². The molecule has 4 heterocycles. The van der Waals surface area contributed by atoms with Crippen LogP contribution in [-0.2, 0) is 13.0 Å². The van der Waals surface area contributed by atoms with Crippen LogP contribution in [0.5, 0.6) is 0 Å². The molecule has 7 heteroatoms. The molecule has 0 spiro atoms. The summed E-state index contributed by atoms with van der Waals surface area (Å²) < 4.78 is 0. The molecule has 132 valence electrons. The molecule has 2 aliphatic heterocycles. The summed E-state index contributed by atoms with van der Waals surface area (Å²) in [7, 11) is 0. The van der Waals surface area contributed by atoms with Gasteiger partial charge in [-0.1, -0.05) is 6.07 Å². The van der Waals surface area contributed by atoms with E-state index in [4.69, 9.17) is 4.98 Å². The molecule has 0 aliphatic carbocycles. The van der Waals surface area contributed by atoms with E-state index < -0.39 is 0 Å². The van der Waals surface area contributed by atoms with Crippen LogP contribution in [0.25, 0.3) is 0 Å². The highest BCUT2D eigenvalue weighted by Gasteiger charge is 2.27. The summed E-state index contributed by atoms with van der Waals surface area (Å²) >= 11 is 1.45. The molecule has 1 N–H and O–H groups in total. The van der Waals surface area contributed by atoms with Gasteiger partial charge in [-0.2, -0.15) is 0 Å². The van der Waals surface area contributed by atoms with E-state index in [1.165, 1.54) is 17.8 Å². The van der Waals surface area contributed by atoms with Gasteiger partial charge in [0.1, 0.15) is 0 Å². The summed E-state index contributed by atoms with van der Waals surface area (Å²) in [5.41, 5.74) is 1.41. The molecule has 0 aromatic carbocycles. The molecule has 1 saturated heterocycles. The minimum atomic E-state index is -0.0546. The molecular weight excluding hydrogens is 336 g/mol. The standard InChI is InChI=1S/C18H22N4O2S/c1-12-5-2-3-8-22(12)18-19-14-11-21(9-7-13(14)16(23)20-18)17(24)15-6-4-10-25-15/h4,6,10,12H,2-3,5,7-9,11H2,1H3,(H,19,20,23)/t12-/m0/s1. The van der Waals surface area contributed by atoms with Gasteiger partial charge in [0, 0.05) is 24.7 Å². The third-order valence-corrected chi connectivity index (χ3v) is 6.01. The number of hydrogen-bond acceptors (Lipinski definition) is 5. The van der Waals surface area contributed by atoms with Crippen LogP contribution in [0.1, 0.15) is 47.1 Å². The number of anilines is 1. The molecule has 0 bridgehead atoms. The lowest BCUT2D eigenvalue weighted by atomic mass is 10.0. The van der Waals surface area contributed by atoms with Crippen LogP contribution < -0.4 is 10.5 Å². The van der Waals surface area contributed by atoms with Gasteiger partial charge in [-0.15, -0.1) is 11.3 Å². The minimum Gasteiger partial charge on any atom is -0.340 e. The van der Waals surface area contributed by atoms with E-state index in [9.17, 15) is 9.59 Å². The lowest BCUT2D eigenvalue weighted by Gasteiger charge is -2.35. The van der Waals surface area contributed by atoms with Crippen LogP contribution in [0.15, 0.2) is 22.3 Å². The predicted molar refractivity (Wildman–Crippen MR) is 98.3 cm³/mol. The van der Waals surface area contributed by atoms with Crippen LogP contribution in [0, 0.1) is 0 Å². The second-order valence-electron chi connectivity index (χ2n) is 6.81. The minimum absolute atomic E-state index is 0.0237. The number of fused-ring (bicyclic) bond motifs is 1. The molecule has 2 aromatic rings. The average Bonchev–Trinajstić information content (AvgIpc) is 3.15. The fourth-order valence-electron chi connectivity index (χ4n) is 3.70. The summed E-state index contributed by atoms with van der Waals surface area (Å²) in [4.78, 5) is 37.5. The van der Waals surface area contributed by atoms with Gasteiger partial charge < -0.3 is 9.80 Å². The van der Waals surface area contributed by atoms with Gasteiger partial charge in [-0.25, -0.2) is 4.98 Å². The quantitative estimate of drug-likeness (QED) is 0.895. The van der Waals surface area contributed by atoms with Gasteiger partial charge in [0.15, 0.2) is 0 Å². The molecule has 0 unspecified atom stereocenters. The average molecular weight is 358 g/mol. The smallest absolute Gasteiger partial charge is 0.264 e. The molecule has 1 atom stereocenters. The third-order valence-electron chi connectivity index (χ3n) is 5.16. The number of nitrogens with one attached hydrogen (secondary N) is 1. The highest BCUT2D eigenvalue weighted by atomic mass is 32.1. The van der Waals surface area contributed by atoms with E-state index in [-0.39, 0.29) is 11.5 Å². The monoisotopic (exact) mass is 358 g/mol. The first-order valence-corrected chi connectivity index (χ1v) is 9.73. The zero-order valence-corrected chi connectivity index (χ0v) is 15.1. The van der Waals surface area contributed by atoms with Gasteiger partial charge in [-0.3, -0.25) is 14.6 Å². The Morgan fingerprint density at radius 3 is 3.00 bits per heavy atom. The fraction of sp³-hybridized carbons (Fsp3) is 0.500. The van der Waals surface area contributed by atoms with Crippen molar-refractivity contribution in [3.05, 3.63) is 44.0 Å². The van der Waals surface area contributed by atoms with Crippen molar-refractivity contribution in [3.8, 4) is 0 Å². The summed E-state index contributed by atoms with van der Waals surface area (Å²) in [6, 6.07) is 4.10. The molecule has 2 aromatic heterocycles. The molecule has 2 aliphatic rings. The van der Waals surface area contributed by atoms with Crippen LogP contribution in [-0.4, -0.2) is 39.9 Å². The van der Waals surface area contributed by atoms with Crippen molar-refractivity contribution >= 4 is 23.2 Å². The summed E-state index contributed by atoms with van der Waals surface area (Å²) in [5, 5.41) is 1.91. The van der Waals surface area contributed by atoms with E-state index >= 15 is 0 Å². The maximum atomic E-state index is 12.6. The second-order valence-corrected chi connectivity index (χ2v) is 7.75. The maximum Gasteiger partial charge on any atom is 0.264 e. The van der Waals surface area contributed by atoms with E-state index in [1.54, 1.807) is 4.90 Å². The Morgan fingerprint density at radius 2 is 2.24 bits per heavy atom. The van der Waals surface area contributed by atoms with E-state index in [0.29, 0.717) is 31.5 Å². The molecule has 1 fully saturated rings. The van der Waals surface area contributed by atoms with Crippen molar-refractivity contribution in [2.24, 2.45) is 0 Å². The highest BCUT2D eigenvalue weighted by Crippen LogP contribution is 2.24. The van der Waals surface area contributed by atoms with Crippen LogP contribution >= 0.6 is 11.3 Å². The molecule has 25 heavy (non-hydrogen) atoms. The molecule has 0 radical (unpaired) electrons. The largest absolute Gasteiger partial charge is 0.340 e. The van der Waals surface area contributed by atoms with Crippen molar-refractivity contribution < 1.29 is 4.79 Å². The van der Waals surface area contributed by atoms with Gasteiger partial charge in [-0.05, 0) is 44.1 Å². The summed E-state index contributed by atoms with van der Waals surface area (Å²) in [5.74, 6) is 0.678. The van der Waals surface area contributed by atoms with Crippen LogP contribution in [0.4, 0.5) is 5.95 Å². The summed E-state index contributed by atoms with van der Waals surface area (Å²) in [6.07, 6.45) is 4.01. The number of H-pyrrole nitrogens is 1. The van der Waals surface area contributed by atoms with E-state index in [1.807, 2.05) is 17.5 Å². The van der Waals surface area contributed by atoms with Crippen LogP contribution in [0.3, 0.4) is 0 Å². The Hall–Kier alpha value is -2.15. The molecule has 0 saturated carbocycles. The Balaban J connectivity index is 1.62. The van der Waals surface area contributed by atoms with Gasteiger partial charge in [0.2, 0.25) is 5.95 Å². The topological polar surface area (TPSA) is 69.3 Å². The zero-order chi connectivity index (χ0) is 17.4. The fourth-order valence-corrected chi connectivity index (χ4v) is 4.40. The van der Waals surface area contributed by atoms with Gasteiger partial charge in [0.05, 0.1) is 17.1 Å². The zero-order valence-electron chi connectivity index (χ0n) is 14.3. The molecule has 1 amide bonds. The van der Waals surface area contributed by atoms with Gasteiger partial charge >= 0.3 is 0 Å². The Morgan fingerprint density at radius 1 is 1.36 bits per heavy atom. The highest BCUT2D eigenvalue weighted by molar-refractivity contribution is 7.12. The molecule has 6 nitrogen and oxygen atoms in total. The first-order chi connectivity index (χ1) is 12.1. The number of carbonyl (C=O) groups excluding carboxylic acids is 1. The number of amides is 1. The Labute approximate surface area is 150 Å². The number of nitrogens with zero attached hydrogens (tertiary/aromatic N) is 3. The van der Waals surface area contributed by atoms with E-state index in [0.717, 1.165) is 35.5 Å². The summed E-state index contributed by atoms with van der Waals surface area (Å²) in [6.45, 7) is 4.06. The molecular formula is C18H22N4O2S. The Bertz CT molecular complexity index is 830. The lowest BCUT2D eigenvalue weighted by molar-refractivity contribution is 0.0736. The lowest BCUT2D eigenvalue weighted by Crippen LogP contribution is -2.42. The number of carbonyl (C=O) groups is 1. The SMILES string of the molecule is C[C@H]1CCCCN1c1nc2c(c(=O)[nH]1)CCN(C(=O)c1cccs1)C2.